The van der Waals surface area contributed by atoms with E-state index in [-0.39, 0.29) is 6.61 Å². The SMILES string of the molecule is OCCN(CCc1c[nH]c2ccccc12)C1CCc2ccccc21. The fraction of sp³-hybridized carbons (Fsp3) is 0.333. The summed E-state index contributed by atoms with van der Waals surface area (Å²) in [4.78, 5) is 5.81. The lowest BCUT2D eigenvalue weighted by atomic mass is 10.1. The first-order valence-electron chi connectivity index (χ1n) is 8.84. The first-order valence-corrected chi connectivity index (χ1v) is 8.84. The van der Waals surface area contributed by atoms with E-state index >= 15 is 0 Å². The van der Waals surface area contributed by atoms with Crippen LogP contribution in [0.5, 0.6) is 0 Å². The average Bonchev–Trinajstić information content (AvgIpc) is 3.23. The summed E-state index contributed by atoms with van der Waals surface area (Å²) in [6.45, 7) is 1.93. The molecule has 1 aliphatic carbocycles. The average molecular weight is 320 g/mol. The smallest absolute Gasteiger partial charge is 0.0558 e. The highest BCUT2D eigenvalue weighted by molar-refractivity contribution is 5.83. The van der Waals surface area contributed by atoms with Crippen molar-refractivity contribution < 1.29 is 5.11 Å². The third-order valence-corrected chi connectivity index (χ3v) is 5.27. The van der Waals surface area contributed by atoms with Crippen molar-refractivity contribution in [1.29, 1.82) is 0 Å². The minimum absolute atomic E-state index is 0.215. The van der Waals surface area contributed by atoms with Crippen molar-refractivity contribution in [2.24, 2.45) is 0 Å². The number of hydrogen-bond acceptors (Lipinski definition) is 2. The molecule has 0 radical (unpaired) electrons. The van der Waals surface area contributed by atoms with Gasteiger partial charge in [0.25, 0.3) is 0 Å². The monoisotopic (exact) mass is 320 g/mol. The van der Waals surface area contributed by atoms with Crippen molar-refractivity contribution in [1.82, 2.24) is 9.88 Å². The molecule has 1 heterocycles. The van der Waals surface area contributed by atoms with Crippen molar-refractivity contribution in [3.63, 3.8) is 0 Å². The van der Waals surface area contributed by atoms with E-state index in [2.05, 4.69) is 64.6 Å². The Bertz CT molecular complexity index is 823. The van der Waals surface area contributed by atoms with E-state index in [1.54, 1.807) is 0 Å². The first kappa shape index (κ1) is 15.4. The van der Waals surface area contributed by atoms with Gasteiger partial charge >= 0.3 is 0 Å². The van der Waals surface area contributed by atoms with Crippen LogP contribution in [0.2, 0.25) is 0 Å². The van der Waals surface area contributed by atoms with E-state index in [1.165, 1.54) is 27.6 Å². The highest BCUT2D eigenvalue weighted by atomic mass is 16.3. The number of H-pyrrole nitrogens is 1. The van der Waals surface area contributed by atoms with Gasteiger partial charge in [0.05, 0.1) is 6.61 Å². The van der Waals surface area contributed by atoms with Crippen LogP contribution in [0.4, 0.5) is 0 Å². The van der Waals surface area contributed by atoms with Crippen LogP contribution in [0.1, 0.15) is 29.2 Å². The van der Waals surface area contributed by atoms with Gasteiger partial charge in [-0.25, -0.2) is 0 Å². The Morgan fingerprint density at radius 1 is 1.04 bits per heavy atom. The van der Waals surface area contributed by atoms with Crippen LogP contribution in [-0.4, -0.2) is 34.7 Å². The highest BCUT2D eigenvalue weighted by Gasteiger charge is 2.27. The third kappa shape index (κ3) is 2.85. The standard InChI is InChI=1S/C21H24N2O/c24-14-13-23(21-10-9-16-5-1-2-7-19(16)21)12-11-17-15-22-20-8-4-3-6-18(17)20/h1-8,15,21-22,24H,9-14H2. The zero-order valence-corrected chi connectivity index (χ0v) is 13.9. The Balaban J connectivity index is 1.52. The van der Waals surface area contributed by atoms with Gasteiger partial charge in [0.2, 0.25) is 0 Å². The molecule has 0 fully saturated rings. The van der Waals surface area contributed by atoms with Crippen LogP contribution in [0.25, 0.3) is 10.9 Å². The number of aromatic nitrogens is 1. The van der Waals surface area contributed by atoms with Gasteiger partial charge in [0, 0.05) is 36.2 Å². The zero-order valence-electron chi connectivity index (χ0n) is 13.9. The van der Waals surface area contributed by atoms with Gasteiger partial charge < -0.3 is 10.1 Å². The van der Waals surface area contributed by atoms with Crippen molar-refractivity contribution >= 4 is 10.9 Å². The second kappa shape index (κ2) is 6.80. The molecule has 0 bridgehead atoms. The topological polar surface area (TPSA) is 39.3 Å². The molecule has 1 unspecified atom stereocenters. The second-order valence-corrected chi connectivity index (χ2v) is 6.62. The molecular weight excluding hydrogens is 296 g/mol. The van der Waals surface area contributed by atoms with Crippen LogP contribution in [0.15, 0.2) is 54.7 Å². The van der Waals surface area contributed by atoms with Crippen LogP contribution in [-0.2, 0) is 12.8 Å². The molecule has 124 valence electrons. The number of rotatable bonds is 6. The van der Waals surface area contributed by atoms with Crippen LogP contribution in [0, 0.1) is 0 Å². The van der Waals surface area contributed by atoms with Crippen molar-refractivity contribution in [3.05, 3.63) is 71.4 Å². The summed E-state index contributed by atoms with van der Waals surface area (Å²) >= 11 is 0. The summed E-state index contributed by atoms with van der Waals surface area (Å²) in [6.07, 6.45) is 5.44. The minimum atomic E-state index is 0.215. The van der Waals surface area contributed by atoms with Crippen molar-refractivity contribution in [2.45, 2.75) is 25.3 Å². The predicted octanol–water partition coefficient (Wildman–Crippen LogP) is 3.69. The van der Waals surface area contributed by atoms with Crippen molar-refractivity contribution in [3.8, 4) is 0 Å². The minimum Gasteiger partial charge on any atom is -0.395 e. The molecule has 2 N–H and O–H groups in total. The zero-order chi connectivity index (χ0) is 16.4. The maximum Gasteiger partial charge on any atom is 0.0558 e. The van der Waals surface area contributed by atoms with Gasteiger partial charge in [-0.1, -0.05) is 42.5 Å². The van der Waals surface area contributed by atoms with Gasteiger partial charge in [0.1, 0.15) is 0 Å². The fourth-order valence-corrected chi connectivity index (χ4v) is 4.07. The lowest BCUT2D eigenvalue weighted by molar-refractivity contribution is 0.151. The number of aliphatic hydroxyl groups excluding tert-OH is 1. The largest absolute Gasteiger partial charge is 0.395 e. The van der Waals surface area contributed by atoms with Gasteiger partial charge in [-0.15, -0.1) is 0 Å². The van der Waals surface area contributed by atoms with E-state index in [0.717, 1.165) is 32.4 Å². The van der Waals surface area contributed by atoms with Crippen LogP contribution in [0.3, 0.4) is 0 Å². The molecule has 24 heavy (non-hydrogen) atoms. The maximum atomic E-state index is 9.53. The molecule has 0 aliphatic heterocycles. The van der Waals surface area contributed by atoms with E-state index < -0.39 is 0 Å². The van der Waals surface area contributed by atoms with Crippen LogP contribution < -0.4 is 0 Å². The van der Waals surface area contributed by atoms with Crippen molar-refractivity contribution in [2.75, 3.05) is 19.7 Å². The summed E-state index contributed by atoms with van der Waals surface area (Å²) in [7, 11) is 0. The number of aromatic amines is 1. The number of fused-ring (bicyclic) bond motifs is 2. The van der Waals surface area contributed by atoms with E-state index in [1.807, 2.05) is 0 Å². The molecule has 3 heteroatoms. The van der Waals surface area contributed by atoms with Gasteiger partial charge in [0.15, 0.2) is 0 Å². The number of aryl methyl sites for hydroxylation is 1. The number of hydrogen-bond donors (Lipinski definition) is 2. The summed E-state index contributed by atoms with van der Waals surface area (Å²) in [5.41, 5.74) is 5.48. The molecule has 3 aromatic rings. The molecule has 0 saturated heterocycles. The number of benzene rings is 2. The second-order valence-electron chi connectivity index (χ2n) is 6.62. The fourth-order valence-electron chi connectivity index (χ4n) is 4.07. The maximum absolute atomic E-state index is 9.53. The molecule has 1 aliphatic rings. The van der Waals surface area contributed by atoms with Gasteiger partial charge in [-0.2, -0.15) is 0 Å². The Labute approximate surface area is 142 Å². The summed E-state index contributed by atoms with van der Waals surface area (Å²) < 4.78 is 0. The quantitative estimate of drug-likeness (QED) is 0.727. The lowest BCUT2D eigenvalue weighted by Crippen LogP contribution is -2.32. The lowest BCUT2D eigenvalue weighted by Gasteiger charge is -2.29. The molecule has 1 atom stereocenters. The molecule has 4 rings (SSSR count). The number of para-hydroxylation sites is 1. The Morgan fingerprint density at radius 2 is 1.88 bits per heavy atom. The summed E-state index contributed by atoms with van der Waals surface area (Å²) in [5.74, 6) is 0. The van der Waals surface area contributed by atoms with E-state index in [9.17, 15) is 5.11 Å². The normalized spacial score (nSPS) is 16.8. The Hall–Kier alpha value is -2.10. The summed E-state index contributed by atoms with van der Waals surface area (Å²) in [6, 6.07) is 17.7. The molecule has 0 amide bonds. The molecule has 0 saturated carbocycles. The molecule has 2 aromatic carbocycles. The van der Waals surface area contributed by atoms with Crippen LogP contribution >= 0.6 is 0 Å². The molecular formula is C21H24N2O. The highest BCUT2D eigenvalue weighted by Crippen LogP contribution is 2.35. The number of nitrogens with zero attached hydrogens (tertiary/aromatic N) is 1. The number of nitrogens with one attached hydrogen (secondary N) is 1. The van der Waals surface area contributed by atoms with Gasteiger partial charge in [-0.3, -0.25) is 4.90 Å². The molecule has 3 nitrogen and oxygen atoms in total. The summed E-state index contributed by atoms with van der Waals surface area (Å²) in [5, 5.41) is 10.8. The third-order valence-electron chi connectivity index (χ3n) is 5.27. The molecule has 0 spiro atoms. The Kier molecular flexibility index (Phi) is 4.37. The van der Waals surface area contributed by atoms with E-state index in [4.69, 9.17) is 0 Å². The predicted molar refractivity (Wildman–Crippen MR) is 98.2 cm³/mol. The molecule has 1 aromatic heterocycles. The first-order chi connectivity index (χ1) is 11.9. The van der Waals surface area contributed by atoms with E-state index in [0.29, 0.717) is 6.04 Å². The number of aliphatic hydroxyl groups is 1. The van der Waals surface area contributed by atoms with Gasteiger partial charge in [-0.05, 0) is 42.0 Å². The Morgan fingerprint density at radius 3 is 2.79 bits per heavy atom.